The van der Waals surface area contributed by atoms with Gasteiger partial charge in [-0.2, -0.15) is 0 Å². The van der Waals surface area contributed by atoms with Gasteiger partial charge in [-0.1, -0.05) is 6.92 Å². The van der Waals surface area contributed by atoms with E-state index in [2.05, 4.69) is 0 Å². The summed E-state index contributed by atoms with van der Waals surface area (Å²) >= 11 is 1.27. The molecule has 0 aliphatic carbocycles. The van der Waals surface area contributed by atoms with Crippen LogP contribution in [0.1, 0.15) is 27.2 Å². The molecule has 0 aromatic rings. The summed E-state index contributed by atoms with van der Waals surface area (Å²) in [4.78, 5) is 10.4. The zero-order chi connectivity index (χ0) is 9.78. The summed E-state index contributed by atoms with van der Waals surface area (Å²) in [7, 11) is 0. The highest BCUT2D eigenvalue weighted by molar-refractivity contribution is 8.00. The smallest absolute Gasteiger partial charge is 0.316 e. The molecule has 2 N–H and O–H groups in total. The van der Waals surface area contributed by atoms with Crippen molar-refractivity contribution in [2.75, 3.05) is 5.75 Å². The molecule has 0 aliphatic heterocycles. The summed E-state index contributed by atoms with van der Waals surface area (Å²) in [6.45, 7) is 5.22. The standard InChI is InChI=1S/C8H16O3S/c1-4-8(3,11)5-12-6(2)7(9)10/h6,11H,4-5H2,1-3H3,(H,9,10). The molecule has 3 nitrogen and oxygen atoms in total. The third-order valence-electron chi connectivity index (χ3n) is 1.75. The van der Waals surface area contributed by atoms with E-state index in [4.69, 9.17) is 5.11 Å². The van der Waals surface area contributed by atoms with Crippen LogP contribution in [-0.4, -0.2) is 32.8 Å². The number of hydrogen-bond acceptors (Lipinski definition) is 3. The summed E-state index contributed by atoms with van der Waals surface area (Å²) in [5.74, 6) is -0.358. The Hall–Kier alpha value is -0.220. The Morgan fingerprint density at radius 1 is 1.67 bits per heavy atom. The highest BCUT2D eigenvalue weighted by atomic mass is 32.2. The molecule has 0 saturated heterocycles. The van der Waals surface area contributed by atoms with E-state index < -0.39 is 16.8 Å². The van der Waals surface area contributed by atoms with E-state index >= 15 is 0 Å². The average Bonchev–Trinajstić information content (AvgIpc) is 2.00. The first kappa shape index (κ1) is 11.8. The van der Waals surface area contributed by atoms with Crippen molar-refractivity contribution >= 4 is 17.7 Å². The second-order valence-electron chi connectivity index (χ2n) is 3.14. The van der Waals surface area contributed by atoms with Crippen molar-refractivity contribution in [1.82, 2.24) is 0 Å². The third-order valence-corrected chi connectivity index (χ3v) is 3.24. The van der Waals surface area contributed by atoms with Crippen LogP contribution in [0.3, 0.4) is 0 Å². The first-order chi connectivity index (χ1) is 5.39. The molecule has 2 atom stereocenters. The molecule has 0 radical (unpaired) electrons. The SMILES string of the molecule is CCC(C)(O)CSC(C)C(=O)O. The predicted octanol–water partition coefficient (Wildman–Crippen LogP) is 1.35. The molecule has 4 heteroatoms. The monoisotopic (exact) mass is 192 g/mol. The van der Waals surface area contributed by atoms with Crippen LogP contribution in [0.2, 0.25) is 0 Å². The van der Waals surface area contributed by atoms with Gasteiger partial charge in [0.25, 0.3) is 0 Å². The maximum atomic E-state index is 10.4. The number of aliphatic hydroxyl groups is 1. The molecule has 0 bridgehead atoms. The van der Waals surface area contributed by atoms with Gasteiger partial charge in [0.15, 0.2) is 0 Å². The highest BCUT2D eigenvalue weighted by Crippen LogP contribution is 2.20. The Morgan fingerprint density at radius 3 is 2.50 bits per heavy atom. The maximum absolute atomic E-state index is 10.4. The first-order valence-corrected chi connectivity index (χ1v) is 5.00. The molecule has 0 aromatic carbocycles. The number of carboxylic acid groups (broad SMARTS) is 1. The molecule has 0 saturated carbocycles. The zero-order valence-corrected chi connectivity index (χ0v) is 8.52. The van der Waals surface area contributed by atoms with Gasteiger partial charge in [-0.25, -0.2) is 0 Å². The van der Waals surface area contributed by atoms with Crippen molar-refractivity contribution in [1.29, 1.82) is 0 Å². The minimum absolute atomic E-state index is 0.442. The molecule has 0 spiro atoms. The Balaban J connectivity index is 3.75. The molecule has 2 unspecified atom stereocenters. The second-order valence-corrected chi connectivity index (χ2v) is 4.47. The fourth-order valence-corrected chi connectivity index (χ4v) is 1.43. The van der Waals surface area contributed by atoms with E-state index in [1.165, 1.54) is 11.8 Å². The van der Waals surface area contributed by atoms with Crippen molar-refractivity contribution in [2.24, 2.45) is 0 Å². The molecule has 72 valence electrons. The molecular weight excluding hydrogens is 176 g/mol. The predicted molar refractivity (Wildman–Crippen MR) is 50.5 cm³/mol. The summed E-state index contributed by atoms with van der Waals surface area (Å²) in [6.07, 6.45) is 0.645. The number of aliphatic carboxylic acids is 1. The van der Waals surface area contributed by atoms with Gasteiger partial charge in [-0.3, -0.25) is 4.79 Å². The molecule has 0 aromatic heterocycles. The maximum Gasteiger partial charge on any atom is 0.316 e. The van der Waals surface area contributed by atoms with Crippen LogP contribution >= 0.6 is 11.8 Å². The number of rotatable bonds is 5. The lowest BCUT2D eigenvalue weighted by atomic mass is 10.1. The largest absolute Gasteiger partial charge is 0.480 e. The van der Waals surface area contributed by atoms with Crippen molar-refractivity contribution < 1.29 is 15.0 Å². The van der Waals surface area contributed by atoms with Crippen LogP contribution in [0.15, 0.2) is 0 Å². The molecular formula is C8H16O3S. The Labute approximate surface area is 77.2 Å². The van der Waals surface area contributed by atoms with Gasteiger partial charge in [0.1, 0.15) is 0 Å². The van der Waals surface area contributed by atoms with E-state index in [-0.39, 0.29) is 0 Å². The lowest BCUT2D eigenvalue weighted by molar-refractivity contribution is -0.136. The van der Waals surface area contributed by atoms with Crippen molar-refractivity contribution in [3.05, 3.63) is 0 Å². The minimum Gasteiger partial charge on any atom is -0.480 e. The fourth-order valence-electron chi connectivity index (χ4n) is 0.478. The van der Waals surface area contributed by atoms with E-state index in [9.17, 15) is 9.90 Å². The molecule has 0 aliphatic rings. The lowest BCUT2D eigenvalue weighted by Gasteiger charge is -2.21. The van der Waals surface area contributed by atoms with Crippen LogP contribution in [0.4, 0.5) is 0 Å². The van der Waals surface area contributed by atoms with E-state index in [1.807, 2.05) is 6.92 Å². The summed E-state index contributed by atoms with van der Waals surface area (Å²) in [5, 5.41) is 17.6. The van der Waals surface area contributed by atoms with Crippen molar-refractivity contribution in [3.8, 4) is 0 Å². The minimum atomic E-state index is -0.827. The Morgan fingerprint density at radius 2 is 2.17 bits per heavy atom. The molecule has 0 amide bonds. The number of carboxylic acids is 1. The third kappa shape index (κ3) is 4.62. The molecule has 0 heterocycles. The topological polar surface area (TPSA) is 57.5 Å². The number of hydrogen-bond donors (Lipinski definition) is 2. The van der Waals surface area contributed by atoms with Gasteiger partial charge < -0.3 is 10.2 Å². The molecule has 0 fully saturated rings. The van der Waals surface area contributed by atoms with E-state index in [1.54, 1.807) is 13.8 Å². The van der Waals surface area contributed by atoms with E-state index in [0.29, 0.717) is 12.2 Å². The number of carbonyl (C=O) groups is 1. The molecule has 12 heavy (non-hydrogen) atoms. The van der Waals surface area contributed by atoms with Gasteiger partial charge >= 0.3 is 5.97 Å². The first-order valence-electron chi connectivity index (χ1n) is 3.96. The lowest BCUT2D eigenvalue weighted by Crippen LogP contribution is -2.28. The van der Waals surface area contributed by atoms with Crippen LogP contribution < -0.4 is 0 Å². The second kappa shape index (κ2) is 4.72. The van der Waals surface area contributed by atoms with Crippen molar-refractivity contribution in [3.63, 3.8) is 0 Å². The van der Waals surface area contributed by atoms with Gasteiger partial charge in [0, 0.05) is 5.75 Å². The van der Waals surface area contributed by atoms with Crippen LogP contribution in [0, 0.1) is 0 Å². The van der Waals surface area contributed by atoms with Gasteiger partial charge in [-0.15, -0.1) is 11.8 Å². The molecule has 0 rings (SSSR count). The van der Waals surface area contributed by atoms with E-state index in [0.717, 1.165) is 0 Å². The zero-order valence-electron chi connectivity index (χ0n) is 7.70. The summed E-state index contributed by atoms with van der Waals surface area (Å²) in [6, 6.07) is 0. The van der Waals surface area contributed by atoms with Crippen molar-refractivity contribution in [2.45, 2.75) is 38.0 Å². The quantitative estimate of drug-likeness (QED) is 0.690. The normalized spacial score (nSPS) is 18.3. The fraction of sp³-hybridized carbons (Fsp3) is 0.875. The van der Waals surface area contributed by atoms with Gasteiger partial charge in [-0.05, 0) is 20.3 Å². The average molecular weight is 192 g/mol. The van der Waals surface area contributed by atoms with Crippen LogP contribution in [0.5, 0.6) is 0 Å². The Kier molecular flexibility index (Phi) is 4.63. The van der Waals surface area contributed by atoms with Crippen LogP contribution in [0.25, 0.3) is 0 Å². The number of thioether (sulfide) groups is 1. The Bertz CT molecular complexity index is 156. The van der Waals surface area contributed by atoms with Gasteiger partial charge in [0.05, 0.1) is 10.9 Å². The van der Waals surface area contributed by atoms with Crippen LogP contribution in [-0.2, 0) is 4.79 Å². The highest BCUT2D eigenvalue weighted by Gasteiger charge is 2.21. The van der Waals surface area contributed by atoms with Gasteiger partial charge in [0.2, 0.25) is 0 Å². The summed E-state index contributed by atoms with van der Waals surface area (Å²) < 4.78 is 0. The summed E-state index contributed by atoms with van der Waals surface area (Å²) in [5.41, 5.74) is -0.742.